The van der Waals surface area contributed by atoms with Crippen LogP contribution in [-0.4, -0.2) is 9.55 Å². The molecule has 0 spiro atoms. The minimum Gasteiger partial charge on any atom is -0.328 e. The van der Waals surface area contributed by atoms with Gasteiger partial charge in [-0.2, -0.15) is 0 Å². The minimum absolute atomic E-state index is 0.632. The van der Waals surface area contributed by atoms with Crippen LogP contribution in [0, 0.1) is 6.92 Å². The predicted molar refractivity (Wildman–Crippen MR) is 83.1 cm³/mol. The fourth-order valence-corrected chi connectivity index (χ4v) is 2.08. The van der Waals surface area contributed by atoms with Crippen molar-refractivity contribution in [2.24, 2.45) is 10.2 Å². The molecule has 3 aromatic rings. The molecule has 104 valence electrons. The van der Waals surface area contributed by atoms with E-state index in [0.717, 1.165) is 18.1 Å². The first-order valence-corrected chi connectivity index (χ1v) is 6.86. The maximum absolute atomic E-state index is 4.42. The van der Waals surface area contributed by atoms with Gasteiger partial charge in [0, 0.05) is 6.54 Å². The monoisotopic (exact) mass is 276 g/mol. The minimum atomic E-state index is 0.632. The second-order valence-corrected chi connectivity index (χ2v) is 4.80. The molecule has 3 rings (SSSR count). The van der Waals surface area contributed by atoms with E-state index in [9.17, 15) is 0 Å². The van der Waals surface area contributed by atoms with E-state index in [0.29, 0.717) is 5.82 Å². The highest BCUT2D eigenvalue weighted by molar-refractivity contribution is 5.36. The lowest BCUT2D eigenvalue weighted by Crippen LogP contribution is -1.99. The Balaban J connectivity index is 1.77. The summed E-state index contributed by atoms with van der Waals surface area (Å²) in [6.45, 7) is 2.77. The van der Waals surface area contributed by atoms with Crippen LogP contribution < -0.4 is 0 Å². The van der Waals surface area contributed by atoms with Crippen LogP contribution in [0.1, 0.15) is 11.4 Å². The highest BCUT2D eigenvalue weighted by atomic mass is 15.2. The average molecular weight is 276 g/mol. The number of imidazole rings is 1. The van der Waals surface area contributed by atoms with E-state index < -0.39 is 0 Å². The Labute approximate surface area is 123 Å². The first kappa shape index (κ1) is 13.2. The number of benzene rings is 2. The van der Waals surface area contributed by atoms with E-state index in [1.807, 2.05) is 61.7 Å². The number of hydrogen-bond donors (Lipinski definition) is 0. The smallest absolute Gasteiger partial charge is 0.192 e. The lowest BCUT2D eigenvalue weighted by Gasteiger charge is -2.03. The van der Waals surface area contributed by atoms with Gasteiger partial charge >= 0.3 is 0 Å². The first-order valence-electron chi connectivity index (χ1n) is 6.86. The van der Waals surface area contributed by atoms with E-state index in [-0.39, 0.29) is 0 Å². The Morgan fingerprint density at radius 2 is 1.57 bits per heavy atom. The fraction of sp³-hybridized carbons (Fsp3) is 0.118. The molecule has 21 heavy (non-hydrogen) atoms. The molecule has 0 amide bonds. The molecule has 0 aliphatic heterocycles. The summed E-state index contributed by atoms with van der Waals surface area (Å²) in [5, 5.41) is 8.38. The van der Waals surface area contributed by atoms with Crippen molar-refractivity contribution < 1.29 is 0 Å². The molecule has 0 saturated heterocycles. The number of aromatic nitrogens is 2. The third kappa shape index (κ3) is 3.42. The Morgan fingerprint density at radius 3 is 2.29 bits per heavy atom. The van der Waals surface area contributed by atoms with Crippen molar-refractivity contribution in [3.63, 3.8) is 0 Å². The van der Waals surface area contributed by atoms with Gasteiger partial charge in [0.2, 0.25) is 0 Å². The van der Waals surface area contributed by atoms with Crippen LogP contribution in [0.2, 0.25) is 0 Å². The Morgan fingerprint density at radius 1 is 0.905 bits per heavy atom. The van der Waals surface area contributed by atoms with E-state index in [1.165, 1.54) is 5.56 Å². The van der Waals surface area contributed by atoms with Crippen LogP contribution in [0.25, 0.3) is 0 Å². The van der Waals surface area contributed by atoms with Gasteiger partial charge in [0.1, 0.15) is 5.82 Å². The topological polar surface area (TPSA) is 42.5 Å². The van der Waals surface area contributed by atoms with Crippen LogP contribution in [0.5, 0.6) is 0 Å². The number of azo groups is 1. The Kier molecular flexibility index (Phi) is 3.87. The highest BCUT2D eigenvalue weighted by Crippen LogP contribution is 2.18. The molecular formula is C17H16N4. The second-order valence-electron chi connectivity index (χ2n) is 4.80. The summed E-state index contributed by atoms with van der Waals surface area (Å²) in [4.78, 5) is 4.42. The summed E-state index contributed by atoms with van der Waals surface area (Å²) >= 11 is 0. The van der Waals surface area contributed by atoms with Crippen LogP contribution >= 0.6 is 0 Å². The molecule has 4 heteroatoms. The van der Waals surface area contributed by atoms with Crippen molar-refractivity contribution in [1.82, 2.24) is 9.55 Å². The zero-order valence-electron chi connectivity index (χ0n) is 11.8. The summed E-state index contributed by atoms with van der Waals surface area (Å²) in [6, 6.07) is 20.0. The van der Waals surface area contributed by atoms with Gasteiger partial charge < -0.3 is 4.57 Å². The molecule has 0 radical (unpaired) electrons. The molecule has 0 aliphatic rings. The van der Waals surface area contributed by atoms with Crippen molar-refractivity contribution in [3.8, 4) is 0 Å². The Hall–Kier alpha value is -2.75. The van der Waals surface area contributed by atoms with Crippen molar-refractivity contribution in [2.75, 3.05) is 0 Å². The summed E-state index contributed by atoms with van der Waals surface area (Å²) in [6.07, 6.45) is 1.93. The van der Waals surface area contributed by atoms with Crippen molar-refractivity contribution >= 4 is 11.5 Å². The quantitative estimate of drug-likeness (QED) is 0.639. The van der Waals surface area contributed by atoms with Gasteiger partial charge in [0.15, 0.2) is 5.82 Å². The van der Waals surface area contributed by atoms with Gasteiger partial charge in [-0.1, -0.05) is 48.5 Å². The van der Waals surface area contributed by atoms with Crippen LogP contribution in [0.3, 0.4) is 0 Å². The third-order valence-corrected chi connectivity index (χ3v) is 3.18. The van der Waals surface area contributed by atoms with Gasteiger partial charge in [-0.05, 0) is 24.6 Å². The molecule has 2 aromatic carbocycles. The lowest BCUT2D eigenvalue weighted by atomic mass is 10.2. The van der Waals surface area contributed by atoms with Crippen LogP contribution in [0.15, 0.2) is 77.1 Å². The van der Waals surface area contributed by atoms with Gasteiger partial charge in [-0.15, -0.1) is 10.2 Å². The van der Waals surface area contributed by atoms with Gasteiger partial charge in [-0.3, -0.25) is 0 Å². The van der Waals surface area contributed by atoms with Gasteiger partial charge in [0.05, 0.1) is 11.9 Å². The van der Waals surface area contributed by atoms with Crippen LogP contribution in [-0.2, 0) is 6.54 Å². The second kappa shape index (κ2) is 6.13. The zero-order valence-corrected chi connectivity index (χ0v) is 11.8. The largest absolute Gasteiger partial charge is 0.328 e. The maximum Gasteiger partial charge on any atom is 0.192 e. The first-order chi connectivity index (χ1) is 10.3. The summed E-state index contributed by atoms with van der Waals surface area (Å²) in [5.41, 5.74) is 2.07. The normalized spacial score (nSPS) is 11.1. The standard InChI is InChI=1S/C17H16N4/c1-14-18-17(20-19-16-10-6-3-7-11-16)13-21(14)12-15-8-4-2-5-9-15/h2-11,13H,12H2,1H3. The molecule has 4 nitrogen and oxygen atoms in total. The maximum atomic E-state index is 4.42. The number of rotatable bonds is 4. The van der Waals surface area contributed by atoms with E-state index in [1.54, 1.807) is 0 Å². The number of aryl methyl sites for hydroxylation is 1. The van der Waals surface area contributed by atoms with E-state index in [4.69, 9.17) is 0 Å². The molecule has 0 saturated carbocycles. The molecule has 0 atom stereocenters. The molecule has 0 N–H and O–H groups in total. The number of nitrogens with zero attached hydrogens (tertiary/aromatic N) is 4. The molecule has 1 heterocycles. The van der Waals surface area contributed by atoms with Crippen molar-refractivity contribution in [3.05, 3.63) is 78.2 Å². The third-order valence-electron chi connectivity index (χ3n) is 3.18. The molecule has 0 aliphatic carbocycles. The SMILES string of the molecule is Cc1nc(N=Nc2ccccc2)cn1Cc1ccccc1. The summed E-state index contributed by atoms with van der Waals surface area (Å²) < 4.78 is 2.08. The predicted octanol–water partition coefficient (Wildman–Crippen LogP) is 4.66. The Bertz CT molecular complexity index is 730. The van der Waals surface area contributed by atoms with Crippen molar-refractivity contribution in [2.45, 2.75) is 13.5 Å². The summed E-state index contributed by atoms with van der Waals surface area (Å²) in [7, 11) is 0. The molecule has 0 fully saturated rings. The molecule has 0 bridgehead atoms. The van der Waals surface area contributed by atoms with Gasteiger partial charge in [-0.25, -0.2) is 4.98 Å². The highest BCUT2D eigenvalue weighted by Gasteiger charge is 2.03. The van der Waals surface area contributed by atoms with Crippen molar-refractivity contribution in [1.29, 1.82) is 0 Å². The fourth-order valence-electron chi connectivity index (χ4n) is 2.08. The van der Waals surface area contributed by atoms with E-state index in [2.05, 4.69) is 31.9 Å². The van der Waals surface area contributed by atoms with Gasteiger partial charge in [0.25, 0.3) is 0 Å². The lowest BCUT2D eigenvalue weighted by molar-refractivity contribution is 0.762. The average Bonchev–Trinajstić information content (AvgIpc) is 2.87. The number of hydrogen-bond acceptors (Lipinski definition) is 3. The van der Waals surface area contributed by atoms with E-state index >= 15 is 0 Å². The molecule has 1 aromatic heterocycles. The zero-order chi connectivity index (χ0) is 14.5. The summed E-state index contributed by atoms with van der Waals surface area (Å²) in [5.74, 6) is 1.56. The molecular weight excluding hydrogens is 260 g/mol. The molecule has 0 unspecified atom stereocenters. The van der Waals surface area contributed by atoms with Crippen LogP contribution in [0.4, 0.5) is 11.5 Å².